The Morgan fingerprint density at radius 3 is 2.62 bits per heavy atom. The molecule has 2 aromatic carbocycles. The summed E-state index contributed by atoms with van der Waals surface area (Å²) in [4.78, 5) is 32.0. The Morgan fingerprint density at radius 1 is 1.15 bits per heavy atom. The number of carboxylic acids is 1. The molecule has 0 bridgehead atoms. The maximum Gasteiger partial charge on any atom is 0.625 e. The fraction of sp³-hybridized carbons (Fsp3) is 0.158. The van der Waals surface area contributed by atoms with Gasteiger partial charge in [0.05, 0.1) is 13.0 Å². The van der Waals surface area contributed by atoms with Crippen LogP contribution < -0.4 is 10.3 Å². The zero-order valence-electron chi connectivity index (χ0n) is 14.6. The SMILES string of the molecule is CC(=[OH+])Oc1ccc2[o+]c(-c3c(C)cccc3[OH+]C(C)=[OH+])[nH]c(=[OH+])c2c1. The molecule has 0 unspecified atom stereocenters. The summed E-state index contributed by atoms with van der Waals surface area (Å²) in [7, 11) is 0. The minimum Gasteiger partial charge on any atom is -0.476 e. The van der Waals surface area contributed by atoms with Crippen LogP contribution in [0, 0.1) is 6.92 Å². The van der Waals surface area contributed by atoms with Gasteiger partial charge in [-0.1, -0.05) is 12.1 Å². The minimum atomic E-state index is -0.205. The van der Waals surface area contributed by atoms with Crippen molar-refractivity contribution in [1.29, 1.82) is 0 Å². The number of aryl methyl sites for hydroxylation is 1. The molecular weight excluding hydrogens is 338 g/mol. The lowest BCUT2D eigenvalue weighted by Crippen LogP contribution is -2.11. The van der Waals surface area contributed by atoms with Crippen LogP contribution in [0.25, 0.3) is 22.4 Å². The van der Waals surface area contributed by atoms with Crippen molar-refractivity contribution in [3.8, 4) is 23.0 Å². The Balaban J connectivity index is 2.18. The number of hydrogen-bond donors (Lipinski definition) is 1. The van der Waals surface area contributed by atoms with E-state index in [-0.39, 0.29) is 17.5 Å². The quantitative estimate of drug-likeness (QED) is 0.441. The number of aliphatic carboxylic acids is 1. The van der Waals surface area contributed by atoms with E-state index in [1.165, 1.54) is 13.8 Å². The first-order chi connectivity index (χ1) is 12.3. The number of aromatic nitrogens is 1. The molecule has 0 aliphatic carbocycles. The summed E-state index contributed by atoms with van der Waals surface area (Å²) in [6.07, 6.45) is 0. The molecule has 1 aromatic heterocycles. The summed E-state index contributed by atoms with van der Waals surface area (Å²) in [5, 5.41) is 0.393. The second-order valence-electron chi connectivity index (χ2n) is 5.81. The lowest BCUT2D eigenvalue weighted by atomic mass is 10.1. The van der Waals surface area contributed by atoms with Crippen LogP contribution in [0.3, 0.4) is 0 Å². The van der Waals surface area contributed by atoms with Gasteiger partial charge >= 0.3 is 29.0 Å². The molecule has 3 aromatic rings. The van der Waals surface area contributed by atoms with Crippen molar-refractivity contribution in [3.63, 3.8) is 0 Å². The Morgan fingerprint density at radius 2 is 1.92 bits per heavy atom. The lowest BCUT2D eigenvalue weighted by Gasteiger charge is -2.01. The number of ether oxygens (including phenoxy) is 2. The van der Waals surface area contributed by atoms with Gasteiger partial charge in [0.1, 0.15) is 6.92 Å². The molecule has 7 nitrogen and oxygen atoms in total. The predicted octanol–water partition coefficient (Wildman–Crippen LogP) is 2.69. The summed E-state index contributed by atoms with van der Waals surface area (Å²) in [5.74, 6) is 0.879. The smallest absolute Gasteiger partial charge is 0.476 e. The fourth-order valence-corrected chi connectivity index (χ4v) is 2.66. The molecule has 0 amide bonds. The highest BCUT2D eigenvalue weighted by atomic mass is 16.5. The number of benzene rings is 2. The summed E-state index contributed by atoms with van der Waals surface area (Å²) in [6, 6.07) is 10.2. The number of hydrogen-bond acceptors (Lipinski definition) is 1. The standard InChI is InChI=1S/C19H15NO6/c1-10-5-4-6-16(25-12(3)22)17(10)19-20-18(23)14-9-13(24-11(2)21)7-8-15(14)26-19/h4-9H,1-3H3/p+5. The van der Waals surface area contributed by atoms with E-state index in [2.05, 4.69) is 9.72 Å². The summed E-state index contributed by atoms with van der Waals surface area (Å²) in [6.45, 7) is 4.77. The lowest BCUT2D eigenvalue weighted by molar-refractivity contribution is 0.225. The molecule has 132 valence electrons. The molecule has 1 heterocycles. The van der Waals surface area contributed by atoms with E-state index in [0.29, 0.717) is 33.9 Å². The number of aromatic hydroxyl groups is 1. The second-order valence-corrected chi connectivity index (χ2v) is 5.81. The highest BCUT2D eigenvalue weighted by Crippen LogP contribution is 2.33. The van der Waals surface area contributed by atoms with Crippen LogP contribution >= 0.6 is 0 Å². The van der Waals surface area contributed by atoms with Crippen molar-refractivity contribution in [3.05, 3.63) is 47.5 Å². The van der Waals surface area contributed by atoms with Gasteiger partial charge in [-0.3, -0.25) is 9.53 Å². The highest BCUT2D eigenvalue weighted by Gasteiger charge is 2.30. The monoisotopic (exact) mass is 358 g/mol. The zero-order chi connectivity index (χ0) is 18.8. The van der Waals surface area contributed by atoms with Crippen molar-refractivity contribution < 1.29 is 28.3 Å². The molecule has 0 spiro atoms. The molecule has 0 aliphatic heterocycles. The van der Waals surface area contributed by atoms with Crippen LogP contribution in [-0.4, -0.2) is 36.0 Å². The largest absolute Gasteiger partial charge is 0.625 e. The summed E-state index contributed by atoms with van der Waals surface area (Å²) >= 11 is 0. The Labute approximate surface area is 148 Å². The minimum absolute atomic E-state index is 0.0840. The number of fused-ring (bicyclic) bond motifs is 1. The van der Waals surface area contributed by atoms with Gasteiger partial charge in [-0.15, -0.1) is 0 Å². The zero-order valence-corrected chi connectivity index (χ0v) is 14.6. The van der Waals surface area contributed by atoms with Gasteiger partial charge in [0.25, 0.3) is 5.75 Å². The molecule has 0 saturated heterocycles. The predicted molar refractivity (Wildman–Crippen MR) is 97.7 cm³/mol. The van der Waals surface area contributed by atoms with Crippen molar-refractivity contribution >= 4 is 22.9 Å². The molecule has 0 atom stereocenters. The van der Waals surface area contributed by atoms with E-state index in [1.54, 1.807) is 24.3 Å². The number of esters is 1. The third-order valence-corrected chi connectivity index (χ3v) is 3.68. The van der Waals surface area contributed by atoms with Crippen molar-refractivity contribution in [2.24, 2.45) is 0 Å². The molecule has 5 N–H and O–H groups in total. The van der Waals surface area contributed by atoms with Crippen LogP contribution in [-0.2, 0) is 0 Å². The first-order valence-electron chi connectivity index (χ1n) is 7.92. The van der Waals surface area contributed by atoms with Gasteiger partial charge in [0.2, 0.25) is 11.1 Å². The normalized spacial score (nSPS) is 10.6. The molecule has 26 heavy (non-hydrogen) atoms. The topological polar surface area (TPSA) is 113 Å². The van der Waals surface area contributed by atoms with Gasteiger partial charge in [0, 0.05) is 18.2 Å². The van der Waals surface area contributed by atoms with Crippen LogP contribution in [0.4, 0.5) is 0 Å². The van der Waals surface area contributed by atoms with Gasteiger partial charge in [-0.2, -0.15) is 9.40 Å². The maximum atomic E-state index is 10.4. The molecule has 7 heteroatoms. The molecule has 3 rings (SSSR count). The van der Waals surface area contributed by atoms with Crippen molar-refractivity contribution in [2.45, 2.75) is 20.8 Å². The molecule has 0 fully saturated rings. The summed E-state index contributed by atoms with van der Waals surface area (Å²) in [5.41, 5.74) is 1.77. The van der Waals surface area contributed by atoms with Crippen LogP contribution in [0.15, 0.2) is 40.8 Å². The van der Waals surface area contributed by atoms with Crippen molar-refractivity contribution in [1.82, 2.24) is 4.98 Å². The van der Waals surface area contributed by atoms with Crippen LogP contribution in [0.5, 0.6) is 11.5 Å². The number of carbonyl (C=O) groups excluding carboxylic acids is 1. The Hall–Kier alpha value is -3.48. The number of H-pyrrole nitrogens is 1. The first kappa shape index (κ1) is 17.3. The maximum absolute atomic E-state index is 10.4. The van der Waals surface area contributed by atoms with E-state index in [4.69, 9.17) is 9.15 Å². The molecule has 0 aliphatic rings. The first-order valence-corrected chi connectivity index (χ1v) is 7.92. The van der Waals surface area contributed by atoms with E-state index >= 15 is 0 Å². The molecule has 0 saturated carbocycles. The number of nitrogens with one attached hydrogen (secondary N) is 1. The third kappa shape index (κ3) is 3.46. The third-order valence-electron chi connectivity index (χ3n) is 3.68. The van der Waals surface area contributed by atoms with Gasteiger partial charge in [0.15, 0.2) is 5.56 Å². The Kier molecular flexibility index (Phi) is 4.53. The summed E-state index contributed by atoms with van der Waals surface area (Å²) < 4.78 is 15.1. The highest BCUT2D eigenvalue weighted by molar-refractivity contribution is 5.81. The number of aromatic amines is 1. The number of rotatable bonds is 3. The van der Waals surface area contributed by atoms with Gasteiger partial charge in [-0.05, 0) is 12.5 Å². The van der Waals surface area contributed by atoms with E-state index < -0.39 is 0 Å². The Bertz CT molecular complexity index is 1080. The van der Waals surface area contributed by atoms with E-state index in [0.717, 1.165) is 5.56 Å². The van der Waals surface area contributed by atoms with E-state index in [1.807, 2.05) is 19.1 Å². The van der Waals surface area contributed by atoms with Crippen molar-refractivity contribution in [2.75, 3.05) is 0 Å². The molecular formula is C19H20NO6+5. The van der Waals surface area contributed by atoms with Crippen LogP contribution in [0.1, 0.15) is 19.4 Å². The van der Waals surface area contributed by atoms with E-state index in [9.17, 15) is 14.4 Å². The van der Waals surface area contributed by atoms with Gasteiger partial charge in [-0.25, -0.2) is 4.79 Å². The average molecular weight is 358 g/mol. The second kappa shape index (κ2) is 6.79. The fourth-order valence-electron chi connectivity index (χ4n) is 2.66. The average Bonchev–Trinajstić information content (AvgIpc) is 2.54. The van der Waals surface area contributed by atoms with Gasteiger partial charge < -0.3 is 9.53 Å². The molecule has 0 radical (unpaired) electrons. The van der Waals surface area contributed by atoms with Crippen LogP contribution in [0.2, 0.25) is 0 Å².